The van der Waals surface area contributed by atoms with Gasteiger partial charge in [0.25, 0.3) is 0 Å². The number of ether oxygens (including phenoxy) is 1. The van der Waals surface area contributed by atoms with Crippen molar-refractivity contribution in [1.29, 1.82) is 0 Å². The van der Waals surface area contributed by atoms with Gasteiger partial charge in [0.15, 0.2) is 0 Å². The van der Waals surface area contributed by atoms with Crippen LogP contribution in [0.15, 0.2) is 18.2 Å². The molecule has 0 bridgehead atoms. The minimum atomic E-state index is -0.251. The molecule has 1 aromatic carbocycles. The van der Waals surface area contributed by atoms with Gasteiger partial charge in [-0.3, -0.25) is 0 Å². The highest BCUT2D eigenvalue weighted by Gasteiger charge is 2.14. The number of hydrogen-bond donors (Lipinski definition) is 1. The number of nitrogens with two attached hydrogens (primary N) is 1. The van der Waals surface area contributed by atoms with Crippen LogP contribution in [0, 0.1) is 19.7 Å². The number of halogens is 1. The number of anilines is 1. The summed E-state index contributed by atoms with van der Waals surface area (Å²) in [4.78, 5) is 0. The molecule has 5 heteroatoms. The van der Waals surface area contributed by atoms with Crippen molar-refractivity contribution in [2.75, 3.05) is 5.73 Å². The zero-order chi connectivity index (χ0) is 14.0. The first-order valence-electron chi connectivity index (χ1n) is 6.29. The maximum absolute atomic E-state index is 13.2. The van der Waals surface area contributed by atoms with Crippen LogP contribution in [-0.4, -0.2) is 9.78 Å². The van der Waals surface area contributed by atoms with Crippen molar-refractivity contribution in [3.63, 3.8) is 0 Å². The molecule has 0 aliphatic rings. The molecule has 0 amide bonds. The molecule has 2 rings (SSSR count). The molecule has 4 nitrogen and oxygen atoms in total. The number of benzene rings is 1. The van der Waals surface area contributed by atoms with Gasteiger partial charge in [-0.1, -0.05) is 6.92 Å². The van der Waals surface area contributed by atoms with Crippen LogP contribution < -0.4 is 10.5 Å². The van der Waals surface area contributed by atoms with Crippen molar-refractivity contribution in [3.05, 3.63) is 35.3 Å². The van der Waals surface area contributed by atoms with E-state index in [4.69, 9.17) is 10.5 Å². The maximum Gasteiger partial charge on any atom is 0.241 e. The molecule has 0 saturated carbocycles. The molecular formula is C14H18FN3O. The Morgan fingerprint density at radius 1 is 1.37 bits per heavy atom. The molecule has 2 aromatic rings. The van der Waals surface area contributed by atoms with E-state index in [1.807, 2.05) is 6.92 Å². The summed E-state index contributed by atoms with van der Waals surface area (Å²) in [7, 11) is 0. The third-order valence-electron chi connectivity index (χ3n) is 2.90. The predicted octanol–water partition coefficient (Wildman–Crippen LogP) is 3.42. The highest BCUT2D eigenvalue weighted by atomic mass is 19.1. The third-order valence-corrected chi connectivity index (χ3v) is 2.90. The summed E-state index contributed by atoms with van der Waals surface area (Å²) in [5, 5.41) is 4.33. The van der Waals surface area contributed by atoms with Crippen molar-refractivity contribution in [2.45, 2.75) is 33.7 Å². The number of nitrogen functional groups attached to an aromatic ring is 1. The molecule has 0 atom stereocenters. The Hall–Kier alpha value is -2.04. The van der Waals surface area contributed by atoms with E-state index < -0.39 is 0 Å². The Labute approximate surface area is 112 Å². The van der Waals surface area contributed by atoms with E-state index in [9.17, 15) is 4.39 Å². The van der Waals surface area contributed by atoms with Gasteiger partial charge in [0.05, 0.1) is 5.69 Å². The van der Waals surface area contributed by atoms with Crippen LogP contribution in [0.4, 0.5) is 10.1 Å². The number of hydrogen-bond acceptors (Lipinski definition) is 3. The first kappa shape index (κ1) is 13.4. The molecule has 0 spiro atoms. The Bertz CT molecular complexity index is 593. The lowest BCUT2D eigenvalue weighted by Crippen LogP contribution is -2.02. The fourth-order valence-corrected chi connectivity index (χ4v) is 1.84. The highest BCUT2D eigenvalue weighted by Crippen LogP contribution is 2.30. The first-order valence-corrected chi connectivity index (χ1v) is 6.29. The van der Waals surface area contributed by atoms with Gasteiger partial charge in [-0.15, -0.1) is 0 Å². The van der Waals surface area contributed by atoms with E-state index in [0.29, 0.717) is 22.9 Å². The van der Waals surface area contributed by atoms with Gasteiger partial charge in [-0.05, 0) is 44.0 Å². The van der Waals surface area contributed by atoms with Crippen LogP contribution >= 0.6 is 0 Å². The van der Waals surface area contributed by atoms with Gasteiger partial charge in [0.2, 0.25) is 5.88 Å². The number of aromatic nitrogens is 2. The van der Waals surface area contributed by atoms with Crippen LogP contribution in [0.2, 0.25) is 0 Å². The quantitative estimate of drug-likeness (QED) is 0.919. The van der Waals surface area contributed by atoms with Crippen molar-refractivity contribution < 1.29 is 9.13 Å². The largest absolute Gasteiger partial charge is 0.437 e. The molecule has 1 aromatic heterocycles. The van der Waals surface area contributed by atoms with Crippen LogP contribution in [-0.2, 0) is 6.54 Å². The molecule has 0 unspecified atom stereocenters. The average molecular weight is 263 g/mol. The van der Waals surface area contributed by atoms with Gasteiger partial charge in [-0.25, -0.2) is 9.07 Å². The minimum Gasteiger partial charge on any atom is -0.437 e. The summed E-state index contributed by atoms with van der Waals surface area (Å²) in [6.07, 6.45) is 0.930. The summed E-state index contributed by atoms with van der Waals surface area (Å²) in [5.41, 5.74) is 7.77. The van der Waals surface area contributed by atoms with E-state index in [2.05, 4.69) is 12.0 Å². The monoisotopic (exact) mass is 263 g/mol. The van der Waals surface area contributed by atoms with Gasteiger partial charge >= 0.3 is 0 Å². The van der Waals surface area contributed by atoms with Gasteiger partial charge < -0.3 is 10.5 Å². The molecule has 1 heterocycles. The van der Waals surface area contributed by atoms with Crippen LogP contribution in [0.5, 0.6) is 11.6 Å². The molecule has 0 saturated heterocycles. The summed E-state index contributed by atoms with van der Waals surface area (Å²) >= 11 is 0. The van der Waals surface area contributed by atoms with Gasteiger partial charge in [-0.2, -0.15) is 5.10 Å². The Morgan fingerprint density at radius 3 is 2.74 bits per heavy atom. The number of aryl methyl sites for hydroxylation is 3. The second-order valence-electron chi connectivity index (χ2n) is 4.54. The SMILES string of the molecule is CCCn1nc(C)c(N)c1Oc1ccc(F)c(C)c1. The van der Waals surface area contributed by atoms with Crippen LogP contribution in [0.1, 0.15) is 24.6 Å². The lowest BCUT2D eigenvalue weighted by Gasteiger charge is -2.09. The fraction of sp³-hybridized carbons (Fsp3) is 0.357. The molecule has 0 aliphatic carbocycles. The van der Waals surface area contributed by atoms with Crippen LogP contribution in [0.25, 0.3) is 0 Å². The zero-order valence-corrected chi connectivity index (χ0v) is 11.4. The summed E-state index contributed by atoms with van der Waals surface area (Å²) in [5.74, 6) is 0.826. The lowest BCUT2D eigenvalue weighted by molar-refractivity contribution is 0.409. The van der Waals surface area contributed by atoms with Crippen molar-refractivity contribution in [2.24, 2.45) is 0 Å². The van der Waals surface area contributed by atoms with Gasteiger partial charge in [0, 0.05) is 6.54 Å². The molecular weight excluding hydrogens is 245 g/mol. The minimum absolute atomic E-state index is 0.251. The Morgan fingerprint density at radius 2 is 2.11 bits per heavy atom. The van der Waals surface area contributed by atoms with E-state index in [-0.39, 0.29) is 5.82 Å². The van der Waals surface area contributed by atoms with E-state index >= 15 is 0 Å². The Kier molecular flexibility index (Phi) is 3.74. The van der Waals surface area contributed by atoms with Crippen molar-refractivity contribution in [3.8, 4) is 11.6 Å². The fourth-order valence-electron chi connectivity index (χ4n) is 1.84. The second kappa shape index (κ2) is 5.30. The van der Waals surface area contributed by atoms with Crippen molar-refractivity contribution in [1.82, 2.24) is 9.78 Å². The number of nitrogens with zero attached hydrogens (tertiary/aromatic N) is 2. The summed E-state index contributed by atoms with van der Waals surface area (Å²) in [6.45, 7) is 6.32. The molecule has 0 aliphatic heterocycles. The highest BCUT2D eigenvalue weighted by molar-refractivity contribution is 5.54. The van der Waals surface area contributed by atoms with E-state index in [1.165, 1.54) is 6.07 Å². The second-order valence-corrected chi connectivity index (χ2v) is 4.54. The van der Waals surface area contributed by atoms with E-state index in [0.717, 1.165) is 18.7 Å². The first-order chi connectivity index (χ1) is 9.02. The average Bonchev–Trinajstić information content (AvgIpc) is 2.62. The third kappa shape index (κ3) is 2.70. The van der Waals surface area contributed by atoms with Gasteiger partial charge in [0.1, 0.15) is 17.3 Å². The summed E-state index contributed by atoms with van der Waals surface area (Å²) < 4.78 is 20.7. The smallest absolute Gasteiger partial charge is 0.241 e. The predicted molar refractivity (Wildman–Crippen MR) is 72.9 cm³/mol. The molecule has 2 N–H and O–H groups in total. The van der Waals surface area contributed by atoms with Crippen molar-refractivity contribution >= 4 is 5.69 Å². The number of rotatable bonds is 4. The standard InChI is InChI=1S/C14H18FN3O/c1-4-7-18-14(13(16)10(3)17-18)19-11-5-6-12(15)9(2)8-11/h5-6,8H,4,7,16H2,1-3H3. The molecule has 19 heavy (non-hydrogen) atoms. The summed E-state index contributed by atoms with van der Waals surface area (Å²) in [6, 6.07) is 4.61. The molecule has 0 fully saturated rings. The normalized spacial score (nSPS) is 10.7. The zero-order valence-electron chi connectivity index (χ0n) is 11.4. The topological polar surface area (TPSA) is 53.1 Å². The molecule has 102 valence electrons. The maximum atomic E-state index is 13.2. The van der Waals surface area contributed by atoms with Crippen LogP contribution in [0.3, 0.4) is 0 Å². The Balaban J connectivity index is 2.34. The molecule has 0 radical (unpaired) electrons. The lowest BCUT2D eigenvalue weighted by atomic mass is 10.2. The van der Waals surface area contributed by atoms with E-state index in [1.54, 1.807) is 23.7 Å².